The zero-order valence-corrected chi connectivity index (χ0v) is 21.1. The molecule has 190 valence electrons. The van der Waals surface area contributed by atoms with Crippen molar-refractivity contribution in [2.45, 2.75) is 19.4 Å². The van der Waals surface area contributed by atoms with Crippen LogP contribution in [0.1, 0.15) is 24.1 Å². The maximum atomic E-state index is 14.1. The van der Waals surface area contributed by atoms with E-state index in [9.17, 15) is 9.59 Å². The lowest BCUT2D eigenvalue weighted by atomic mass is 9.88. The lowest BCUT2D eigenvalue weighted by molar-refractivity contribution is -0.153. The predicted octanol–water partition coefficient (Wildman–Crippen LogP) is 4.41. The van der Waals surface area contributed by atoms with Gasteiger partial charge in [0, 0.05) is 12.1 Å². The summed E-state index contributed by atoms with van der Waals surface area (Å²) in [5.74, 6) is -0.473. The molecule has 37 heavy (non-hydrogen) atoms. The van der Waals surface area contributed by atoms with Crippen molar-refractivity contribution in [1.82, 2.24) is 9.55 Å². The number of methoxy groups -OCH3 is 2. The third kappa shape index (κ3) is 4.39. The monoisotopic (exact) mass is 499 g/mol. The van der Waals surface area contributed by atoms with Gasteiger partial charge in [-0.15, -0.1) is 0 Å². The van der Waals surface area contributed by atoms with E-state index in [0.29, 0.717) is 36.0 Å². The van der Waals surface area contributed by atoms with Gasteiger partial charge in [0.25, 0.3) is 0 Å². The summed E-state index contributed by atoms with van der Waals surface area (Å²) in [7, 11) is 3.14. The Hall–Kier alpha value is -4.33. The molecule has 4 aromatic rings. The number of amides is 1. The quantitative estimate of drug-likeness (QED) is 0.264. The fraction of sp³-hybridized carbons (Fsp3) is 0.276. The van der Waals surface area contributed by atoms with Gasteiger partial charge in [-0.3, -0.25) is 14.5 Å². The normalized spacial score (nSPS) is 16.9. The van der Waals surface area contributed by atoms with Crippen molar-refractivity contribution in [3.63, 3.8) is 0 Å². The van der Waals surface area contributed by atoms with E-state index in [1.807, 2.05) is 59.2 Å². The van der Waals surface area contributed by atoms with Gasteiger partial charge in [0.2, 0.25) is 11.9 Å². The Kier molecular flexibility index (Phi) is 6.81. The van der Waals surface area contributed by atoms with E-state index < -0.39 is 17.9 Å². The zero-order chi connectivity index (χ0) is 25.9. The molecule has 8 nitrogen and oxygen atoms in total. The molecule has 1 aliphatic heterocycles. The highest BCUT2D eigenvalue weighted by Crippen LogP contribution is 2.44. The van der Waals surface area contributed by atoms with Crippen LogP contribution in [0.4, 0.5) is 5.95 Å². The standard InChI is InChI=1S/C29H29N3O5/c1-4-37-28(34)25-26(21-18-20(35-2)14-15-24(21)36-3)32-23-13-9-8-12-22(23)30-29(32)31(27(25)33)17-16-19-10-6-5-7-11-19/h5-15,18,25-26H,4,16-17H2,1-3H3/t25-,26+/m1/s1. The van der Waals surface area contributed by atoms with Gasteiger partial charge < -0.3 is 18.8 Å². The third-order valence-corrected chi connectivity index (χ3v) is 6.71. The molecule has 0 bridgehead atoms. The van der Waals surface area contributed by atoms with E-state index in [-0.39, 0.29) is 12.5 Å². The van der Waals surface area contributed by atoms with Crippen LogP contribution in [0.2, 0.25) is 0 Å². The molecule has 0 fully saturated rings. The predicted molar refractivity (Wildman–Crippen MR) is 140 cm³/mol. The van der Waals surface area contributed by atoms with Crippen LogP contribution < -0.4 is 14.4 Å². The van der Waals surface area contributed by atoms with Crippen molar-refractivity contribution in [1.29, 1.82) is 0 Å². The molecule has 5 rings (SSSR count). The average molecular weight is 500 g/mol. The van der Waals surface area contributed by atoms with Crippen molar-refractivity contribution >= 4 is 28.9 Å². The minimum atomic E-state index is -1.14. The molecule has 0 unspecified atom stereocenters. The van der Waals surface area contributed by atoms with Gasteiger partial charge in [-0.05, 0) is 49.2 Å². The number of rotatable bonds is 8. The fourth-order valence-corrected chi connectivity index (χ4v) is 4.99. The minimum absolute atomic E-state index is 0.159. The Morgan fingerprint density at radius 2 is 1.73 bits per heavy atom. The van der Waals surface area contributed by atoms with E-state index in [1.54, 1.807) is 44.2 Å². The van der Waals surface area contributed by atoms with Gasteiger partial charge in [-0.1, -0.05) is 42.5 Å². The molecule has 1 amide bonds. The summed E-state index contributed by atoms with van der Waals surface area (Å²) in [4.78, 5) is 34.1. The van der Waals surface area contributed by atoms with E-state index in [4.69, 9.17) is 19.2 Å². The number of aromatic nitrogens is 2. The highest BCUT2D eigenvalue weighted by molar-refractivity contribution is 6.08. The Morgan fingerprint density at radius 3 is 2.46 bits per heavy atom. The lowest BCUT2D eigenvalue weighted by Crippen LogP contribution is -2.50. The number of hydrogen-bond donors (Lipinski definition) is 0. The maximum absolute atomic E-state index is 14.1. The Balaban J connectivity index is 1.73. The van der Waals surface area contributed by atoms with Crippen molar-refractivity contribution < 1.29 is 23.8 Å². The summed E-state index contributed by atoms with van der Waals surface area (Å²) in [5, 5.41) is 0. The van der Waals surface area contributed by atoms with Crippen LogP contribution in [0.3, 0.4) is 0 Å². The molecule has 0 saturated carbocycles. The summed E-state index contributed by atoms with van der Waals surface area (Å²) in [6.45, 7) is 2.26. The maximum Gasteiger partial charge on any atom is 0.321 e. The number of carbonyl (C=O) groups is 2. The second-order valence-corrected chi connectivity index (χ2v) is 8.78. The van der Waals surface area contributed by atoms with E-state index in [1.165, 1.54) is 0 Å². The fourth-order valence-electron chi connectivity index (χ4n) is 4.99. The largest absolute Gasteiger partial charge is 0.497 e. The minimum Gasteiger partial charge on any atom is -0.497 e. The van der Waals surface area contributed by atoms with Gasteiger partial charge >= 0.3 is 5.97 Å². The molecule has 0 aliphatic carbocycles. The zero-order valence-electron chi connectivity index (χ0n) is 21.1. The highest BCUT2D eigenvalue weighted by atomic mass is 16.5. The first-order valence-electron chi connectivity index (χ1n) is 12.3. The number of imidazole rings is 1. The van der Waals surface area contributed by atoms with Gasteiger partial charge in [-0.2, -0.15) is 0 Å². The number of ether oxygens (including phenoxy) is 3. The van der Waals surface area contributed by atoms with Gasteiger partial charge in [0.15, 0.2) is 5.92 Å². The lowest BCUT2D eigenvalue weighted by Gasteiger charge is -2.38. The summed E-state index contributed by atoms with van der Waals surface area (Å²) >= 11 is 0. The number of para-hydroxylation sites is 2. The van der Waals surface area contributed by atoms with Gasteiger partial charge in [0.1, 0.15) is 11.5 Å². The Bertz CT molecular complexity index is 1430. The average Bonchev–Trinajstić information content (AvgIpc) is 3.31. The molecule has 0 spiro atoms. The van der Waals surface area contributed by atoms with Crippen LogP contribution in [0.25, 0.3) is 11.0 Å². The molecule has 0 N–H and O–H groups in total. The number of fused-ring (bicyclic) bond motifs is 3. The van der Waals surface area contributed by atoms with Crippen LogP contribution in [-0.4, -0.2) is 48.8 Å². The van der Waals surface area contributed by atoms with E-state index >= 15 is 0 Å². The highest BCUT2D eigenvalue weighted by Gasteiger charge is 2.48. The number of esters is 1. The SMILES string of the molecule is CCOC(=O)[C@H]1C(=O)N(CCc2ccccc2)c2nc3ccccc3n2[C@H]1c1cc(OC)ccc1OC. The molecule has 2 atom stereocenters. The molecule has 2 heterocycles. The van der Waals surface area contributed by atoms with Crippen LogP contribution in [0, 0.1) is 5.92 Å². The molecule has 1 aromatic heterocycles. The van der Waals surface area contributed by atoms with Crippen molar-refractivity contribution in [3.05, 3.63) is 83.9 Å². The van der Waals surface area contributed by atoms with Crippen LogP contribution in [0.5, 0.6) is 11.5 Å². The van der Waals surface area contributed by atoms with Gasteiger partial charge in [0.05, 0.1) is 37.9 Å². The molecular weight excluding hydrogens is 470 g/mol. The number of carbonyl (C=O) groups excluding carboxylic acids is 2. The first-order valence-corrected chi connectivity index (χ1v) is 12.3. The van der Waals surface area contributed by atoms with Crippen molar-refractivity contribution in [2.75, 3.05) is 32.3 Å². The molecule has 8 heteroatoms. The summed E-state index contributed by atoms with van der Waals surface area (Å²) in [5.41, 5.74) is 3.26. The summed E-state index contributed by atoms with van der Waals surface area (Å²) < 4.78 is 18.6. The molecule has 0 radical (unpaired) electrons. The topological polar surface area (TPSA) is 82.9 Å². The third-order valence-electron chi connectivity index (χ3n) is 6.71. The van der Waals surface area contributed by atoms with Crippen molar-refractivity contribution in [2.24, 2.45) is 5.92 Å². The second-order valence-electron chi connectivity index (χ2n) is 8.78. The van der Waals surface area contributed by atoms with Crippen LogP contribution in [0.15, 0.2) is 72.8 Å². The first-order chi connectivity index (χ1) is 18.1. The molecule has 3 aromatic carbocycles. The number of benzene rings is 3. The Labute approximate surface area is 215 Å². The number of hydrogen-bond acceptors (Lipinski definition) is 6. The molecule has 1 aliphatic rings. The summed E-state index contributed by atoms with van der Waals surface area (Å²) in [6, 6.07) is 22.2. The van der Waals surface area contributed by atoms with Crippen LogP contribution in [-0.2, 0) is 20.7 Å². The van der Waals surface area contributed by atoms with Gasteiger partial charge in [-0.25, -0.2) is 4.98 Å². The first kappa shape index (κ1) is 24.4. The molecule has 0 saturated heterocycles. The van der Waals surface area contributed by atoms with E-state index in [0.717, 1.165) is 16.6 Å². The molecular formula is C29H29N3O5. The van der Waals surface area contributed by atoms with Crippen molar-refractivity contribution in [3.8, 4) is 11.5 Å². The smallest absolute Gasteiger partial charge is 0.321 e. The Morgan fingerprint density at radius 1 is 0.973 bits per heavy atom. The van der Waals surface area contributed by atoms with Crippen LogP contribution >= 0.6 is 0 Å². The van der Waals surface area contributed by atoms with E-state index in [2.05, 4.69) is 0 Å². The number of nitrogens with zero attached hydrogens (tertiary/aromatic N) is 3. The number of anilines is 1. The second kappa shape index (κ2) is 10.3. The summed E-state index contributed by atoms with van der Waals surface area (Å²) in [6.07, 6.45) is 0.610.